The fourth-order valence-corrected chi connectivity index (χ4v) is 2.59. The van der Waals surface area contributed by atoms with Gasteiger partial charge in [-0.3, -0.25) is 4.99 Å². The summed E-state index contributed by atoms with van der Waals surface area (Å²) >= 11 is 0. The number of benzene rings is 1. The molecular formula is C18H31FIN3O. The molecule has 0 aromatic heterocycles. The lowest BCUT2D eigenvalue weighted by Crippen LogP contribution is -2.38. The molecule has 1 rings (SSSR count). The van der Waals surface area contributed by atoms with E-state index in [0.717, 1.165) is 37.3 Å². The molecule has 0 radical (unpaired) electrons. The summed E-state index contributed by atoms with van der Waals surface area (Å²) < 4.78 is 13.3. The van der Waals surface area contributed by atoms with Crippen LogP contribution in [0.3, 0.4) is 0 Å². The summed E-state index contributed by atoms with van der Waals surface area (Å²) in [7, 11) is 1.95. The van der Waals surface area contributed by atoms with Crippen molar-refractivity contribution < 1.29 is 9.50 Å². The van der Waals surface area contributed by atoms with Gasteiger partial charge in [0.1, 0.15) is 5.82 Å². The van der Waals surface area contributed by atoms with Crippen molar-refractivity contribution in [2.75, 3.05) is 26.7 Å². The van der Waals surface area contributed by atoms with Gasteiger partial charge >= 0.3 is 0 Å². The van der Waals surface area contributed by atoms with Gasteiger partial charge in [-0.1, -0.05) is 25.5 Å². The van der Waals surface area contributed by atoms with E-state index in [0.29, 0.717) is 19.0 Å². The monoisotopic (exact) mass is 451 g/mol. The predicted octanol–water partition coefficient (Wildman–Crippen LogP) is 3.64. The van der Waals surface area contributed by atoms with Crippen LogP contribution in [0, 0.1) is 11.7 Å². The average molecular weight is 451 g/mol. The van der Waals surface area contributed by atoms with Crippen LogP contribution in [0.2, 0.25) is 0 Å². The first-order valence-electron chi connectivity index (χ1n) is 8.45. The highest BCUT2D eigenvalue weighted by Gasteiger charge is 2.10. The maximum absolute atomic E-state index is 13.3. The molecule has 0 saturated carbocycles. The quantitative estimate of drug-likeness (QED) is 0.343. The first-order valence-corrected chi connectivity index (χ1v) is 8.45. The van der Waals surface area contributed by atoms with Crippen molar-refractivity contribution in [2.24, 2.45) is 10.9 Å². The SMILES string of the molecule is CCCC(CCO)CN=C(NCC)N(C)Cc1cccc(F)c1.I. The van der Waals surface area contributed by atoms with Crippen LogP contribution in [0.15, 0.2) is 29.3 Å². The lowest BCUT2D eigenvalue weighted by molar-refractivity contribution is 0.253. The molecule has 24 heavy (non-hydrogen) atoms. The summed E-state index contributed by atoms with van der Waals surface area (Å²) in [4.78, 5) is 6.70. The topological polar surface area (TPSA) is 47.9 Å². The van der Waals surface area contributed by atoms with Crippen molar-refractivity contribution in [2.45, 2.75) is 39.7 Å². The molecule has 1 unspecified atom stereocenters. The number of guanidine groups is 1. The highest BCUT2D eigenvalue weighted by atomic mass is 127. The predicted molar refractivity (Wildman–Crippen MR) is 109 cm³/mol. The van der Waals surface area contributed by atoms with Crippen molar-refractivity contribution in [3.8, 4) is 0 Å². The van der Waals surface area contributed by atoms with Gasteiger partial charge in [0, 0.05) is 33.3 Å². The largest absolute Gasteiger partial charge is 0.396 e. The molecule has 138 valence electrons. The molecule has 0 amide bonds. The molecule has 6 heteroatoms. The molecular weight excluding hydrogens is 420 g/mol. The first kappa shape index (κ1) is 23.1. The Bertz CT molecular complexity index is 479. The number of hydrogen-bond acceptors (Lipinski definition) is 2. The molecule has 0 saturated heterocycles. The van der Waals surface area contributed by atoms with Crippen molar-refractivity contribution >= 4 is 29.9 Å². The molecule has 4 nitrogen and oxygen atoms in total. The standard InChI is InChI=1S/C18H30FN3O.HI/c1-4-7-15(10-11-23)13-21-18(20-5-2)22(3)14-16-8-6-9-17(19)12-16;/h6,8-9,12,15,23H,4-5,7,10-11,13-14H2,1-3H3,(H,20,21);1H. The minimum atomic E-state index is -0.219. The van der Waals surface area contributed by atoms with E-state index >= 15 is 0 Å². The Morgan fingerprint density at radius 1 is 1.33 bits per heavy atom. The molecule has 1 atom stereocenters. The van der Waals surface area contributed by atoms with Crippen LogP contribution in [0.4, 0.5) is 4.39 Å². The summed E-state index contributed by atoms with van der Waals surface area (Å²) in [6, 6.07) is 6.63. The van der Waals surface area contributed by atoms with Gasteiger partial charge in [0.05, 0.1) is 0 Å². The van der Waals surface area contributed by atoms with Gasteiger partial charge in [-0.15, -0.1) is 24.0 Å². The maximum Gasteiger partial charge on any atom is 0.193 e. The molecule has 0 aliphatic heterocycles. The molecule has 0 fully saturated rings. The van der Waals surface area contributed by atoms with Crippen LogP contribution in [0.25, 0.3) is 0 Å². The highest BCUT2D eigenvalue weighted by Crippen LogP contribution is 2.12. The Hall–Kier alpha value is -0.890. The second-order valence-electron chi connectivity index (χ2n) is 5.85. The van der Waals surface area contributed by atoms with Gasteiger partial charge in [0.15, 0.2) is 5.96 Å². The minimum Gasteiger partial charge on any atom is -0.396 e. The van der Waals surface area contributed by atoms with E-state index in [1.165, 1.54) is 6.07 Å². The number of aliphatic imine (C=N–C) groups is 1. The zero-order valence-corrected chi connectivity index (χ0v) is 17.3. The van der Waals surface area contributed by atoms with E-state index in [1.54, 1.807) is 12.1 Å². The zero-order valence-electron chi connectivity index (χ0n) is 15.0. The van der Waals surface area contributed by atoms with E-state index in [2.05, 4.69) is 12.2 Å². The Kier molecular flexibility index (Phi) is 12.9. The second kappa shape index (κ2) is 13.4. The highest BCUT2D eigenvalue weighted by molar-refractivity contribution is 14.0. The lowest BCUT2D eigenvalue weighted by Gasteiger charge is -2.23. The van der Waals surface area contributed by atoms with E-state index < -0.39 is 0 Å². The van der Waals surface area contributed by atoms with Crippen LogP contribution >= 0.6 is 24.0 Å². The third-order valence-electron chi connectivity index (χ3n) is 3.74. The molecule has 1 aromatic carbocycles. The number of rotatable bonds is 9. The number of halogens is 2. The van der Waals surface area contributed by atoms with E-state index in [-0.39, 0.29) is 36.4 Å². The fourth-order valence-electron chi connectivity index (χ4n) is 2.59. The van der Waals surface area contributed by atoms with Gasteiger partial charge in [-0.25, -0.2) is 4.39 Å². The third kappa shape index (κ3) is 8.82. The Morgan fingerprint density at radius 3 is 2.67 bits per heavy atom. The van der Waals surface area contributed by atoms with Crippen molar-refractivity contribution in [1.82, 2.24) is 10.2 Å². The number of aliphatic hydroxyl groups excluding tert-OH is 1. The van der Waals surface area contributed by atoms with Gasteiger partial charge in [-0.2, -0.15) is 0 Å². The molecule has 0 aliphatic rings. The summed E-state index contributed by atoms with van der Waals surface area (Å²) in [6.45, 7) is 6.46. The van der Waals surface area contributed by atoms with Crippen LogP contribution in [-0.2, 0) is 6.54 Å². The van der Waals surface area contributed by atoms with Gasteiger partial charge in [-0.05, 0) is 43.4 Å². The van der Waals surface area contributed by atoms with Crippen molar-refractivity contribution in [3.05, 3.63) is 35.6 Å². The summed E-state index contributed by atoms with van der Waals surface area (Å²) in [5, 5.41) is 12.4. The molecule has 0 spiro atoms. The molecule has 0 heterocycles. The van der Waals surface area contributed by atoms with E-state index in [9.17, 15) is 4.39 Å². The third-order valence-corrected chi connectivity index (χ3v) is 3.74. The molecule has 2 N–H and O–H groups in total. The van der Waals surface area contributed by atoms with Gasteiger partial charge < -0.3 is 15.3 Å². The maximum atomic E-state index is 13.3. The average Bonchev–Trinajstić information content (AvgIpc) is 2.51. The number of nitrogens with one attached hydrogen (secondary N) is 1. The Morgan fingerprint density at radius 2 is 2.08 bits per heavy atom. The summed E-state index contributed by atoms with van der Waals surface area (Å²) in [5.41, 5.74) is 0.915. The smallest absolute Gasteiger partial charge is 0.193 e. The zero-order chi connectivity index (χ0) is 17.1. The number of nitrogens with zero attached hydrogens (tertiary/aromatic N) is 2. The van der Waals surface area contributed by atoms with Crippen LogP contribution in [0.5, 0.6) is 0 Å². The van der Waals surface area contributed by atoms with Crippen molar-refractivity contribution in [1.29, 1.82) is 0 Å². The van der Waals surface area contributed by atoms with E-state index in [4.69, 9.17) is 10.1 Å². The first-order chi connectivity index (χ1) is 11.1. The Labute approximate surface area is 162 Å². The molecule has 0 bridgehead atoms. The fraction of sp³-hybridized carbons (Fsp3) is 0.611. The molecule has 0 aliphatic carbocycles. The van der Waals surface area contributed by atoms with Crippen LogP contribution in [0.1, 0.15) is 38.7 Å². The molecule has 1 aromatic rings. The lowest BCUT2D eigenvalue weighted by atomic mass is 10.0. The Balaban J connectivity index is 0.00000529. The van der Waals surface area contributed by atoms with Crippen LogP contribution in [-0.4, -0.2) is 42.7 Å². The van der Waals surface area contributed by atoms with Crippen LogP contribution < -0.4 is 5.32 Å². The number of aliphatic hydroxyl groups is 1. The van der Waals surface area contributed by atoms with E-state index in [1.807, 2.05) is 24.9 Å². The van der Waals surface area contributed by atoms with Gasteiger partial charge in [0.2, 0.25) is 0 Å². The minimum absolute atomic E-state index is 0. The number of hydrogen-bond donors (Lipinski definition) is 2. The van der Waals surface area contributed by atoms with Gasteiger partial charge in [0.25, 0.3) is 0 Å². The normalized spacial score (nSPS) is 12.5. The second-order valence-corrected chi connectivity index (χ2v) is 5.85. The summed E-state index contributed by atoms with van der Waals surface area (Å²) in [5.74, 6) is 1.00. The summed E-state index contributed by atoms with van der Waals surface area (Å²) in [6.07, 6.45) is 2.94. The van der Waals surface area contributed by atoms with Crippen molar-refractivity contribution in [3.63, 3.8) is 0 Å².